The quantitative estimate of drug-likeness (QED) is 0.733. The van der Waals surface area contributed by atoms with Crippen molar-refractivity contribution in [1.82, 2.24) is 0 Å². The van der Waals surface area contributed by atoms with Gasteiger partial charge < -0.3 is 5.73 Å². The summed E-state index contributed by atoms with van der Waals surface area (Å²) in [6, 6.07) is 10.9. The Kier molecular flexibility index (Phi) is 3.79. The fourth-order valence-electron chi connectivity index (χ4n) is 2.81. The van der Waals surface area contributed by atoms with Gasteiger partial charge in [-0.3, -0.25) is 0 Å². The van der Waals surface area contributed by atoms with Crippen molar-refractivity contribution in [3.05, 3.63) is 35.9 Å². The minimum absolute atomic E-state index is 0.704. The fraction of sp³-hybridized carbons (Fsp3) is 0.571. The molecule has 1 aliphatic rings. The molecular weight excluding hydrogens is 182 g/mol. The van der Waals surface area contributed by atoms with Gasteiger partial charge in [0.2, 0.25) is 0 Å². The minimum Gasteiger partial charge on any atom is -0.330 e. The van der Waals surface area contributed by atoms with Crippen molar-refractivity contribution in [2.24, 2.45) is 11.7 Å². The number of hydrogen-bond acceptors (Lipinski definition) is 1. The van der Waals surface area contributed by atoms with Crippen molar-refractivity contribution in [2.75, 3.05) is 6.54 Å². The lowest BCUT2D eigenvalue weighted by atomic mass is 9.82. The van der Waals surface area contributed by atoms with E-state index in [1.54, 1.807) is 0 Å². The maximum absolute atomic E-state index is 5.90. The monoisotopic (exact) mass is 203 g/mol. The molecule has 1 nitrogen and oxygen atoms in total. The van der Waals surface area contributed by atoms with Crippen molar-refractivity contribution in [1.29, 1.82) is 0 Å². The zero-order valence-corrected chi connectivity index (χ0v) is 9.36. The van der Waals surface area contributed by atoms with E-state index in [0.717, 1.165) is 6.54 Å². The minimum atomic E-state index is 0.704. The first-order chi connectivity index (χ1) is 7.42. The van der Waals surface area contributed by atoms with Gasteiger partial charge >= 0.3 is 0 Å². The second-order valence-corrected chi connectivity index (χ2v) is 4.65. The molecule has 1 aromatic carbocycles. The molecule has 0 amide bonds. The highest BCUT2D eigenvalue weighted by atomic mass is 14.6. The standard InChI is InChI=1S/C14H21N/c15-11-13-9-5-2-6-10-14(13)12-7-3-1-4-8-12/h1,3-4,7-8,13-14H,2,5-6,9-11,15H2. The lowest BCUT2D eigenvalue weighted by Gasteiger charge is -2.24. The second kappa shape index (κ2) is 5.32. The summed E-state index contributed by atoms with van der Waals surface area (Å²) in [6.07, 6.45) is 6.77. The van der Waals surface area contributed by atoms with Crippen LogP contribution in [0.5, 0.6) is 0 Å². The zero-order chi connectivity index (χ0) is 10.5. The van der Waals surface area contributed by atoms with Crippen LogP contribution in [0.2, 0.25) is 0 Å². The molecule has 2 rings (SSSR count). The summed E-state index contributed by atoms with van der Waals surface area (Å²) in [5.41, 5.74) is 7.40. The Labute approximate surface area is 92.7 Å². The summed E-state index contributed by atoms with van der Waals surface area (Å²) in [6.45, 7) is 0.847. The summed E-state index contributed by atoms with van der Waals surface area (Å²) in [4.78, 5) is 0. The molecule has 0 heterocycles. The van der Waals surface area contributed by atoms with Gasteiger partial charge in [-0.25, -0.2) is 0 Å². The van der Waals surface area contributed by atoms with Gasteiger partial charge in [-0.1, -0.05) is 49.6 Å². The van der Waals surface area contributed by atoms with E-state index in [2.05, 4.69) is 30.3 Å². The molecule has 1 fully saturated rings. The summed E-state index contributed by atoms with van der Waals surface area (Å²) >= 11 is 0. The Morgan fingerprint density at radius 2 is 1.73 bits per heavy atom. The van der Waals surface area contributed by atoms with Gasteiger partial charge in [-0.15, -0.1) is 0 Å². The van der Waals surface area contributed by atoms with Crippen molar-refractivity contribution >= 4 is 0 Å². The third-order valence-corrected chi connectivity index (χ3v) is 3.69. The SMILES string of the molecule is NCC1CCCCCC1c1ccccc1. The smallest absolute Gasteiger partial charge is 0.00430 e. The molecule has 1 aromatic rings. The molecule has 1 heteroatoms. The molecule has 0 bridgehead atoms. The lowest BCUT2D eigenvalue weighted by molar-refractivity contribution is 0.408. The van der Waals surface area contributed by atoms with Crippen LogP contribution in [0.15, 0.2) is 30.3 Å². The molecular formula is C14H21N. The van der Waals surface area contributed by atoms with Crippen LogP contribution in [-0.2, 0) is 0 Å². The average molecular weight is 203 g/mol. The van der Waals surface area contributed by atoms with Crippen LogP contribution in [0, 0.1) is 5.92 Å². The van der Waals surface area contributed by atoms with Gasteiger partial charge in [0.15, 0.2) is 0 Å². The Morgan fingerprint density at radius 3 is 2.47 bits per heavy atom. The summed E-state index contributed by atoms with van der Waals surface area (Å²) < 4.78 is 0. The topological polar surface area (TPSA) is 26.0 Å². The second-order valence-electron chi connectivity index (χ2n) is 4.65. The molecule has 1 saturated carbocycles. The van der Waals surface area contributed by atoms with E-state index in [0.29, 0.717) is 11.8 Å². The van der Waals surface area contributed by atoms with Crippen LogP contribution in [0.3, 0.4) is 0 Å². The predicted octanol–water partition coefficient (Wildman–Crippen LogP) is 3.31. The van der Waals surface area contributed by atoms with Crippen molar-refractivity contribution in [3.8, 4) is 0 Å². The van der Waals surface area contributed by atoms with Gasteiger partial charge in [-0.05, 0) is 36.8 Å². The van der Waals surface area contributed by atoms with Crippen LogP contribution in [0.1, 0.15) is 43.6 Å². The number of hydrogen-bond donors (Lipinski definition) is 1. The molecule has 1 aliphatic carbocycles. The first-order valence-corrected chi connectivity index (χ1v) is 6.17. The molecule has 0 aliphatic heterocycles. The van der Waals surface area contributed by atoms with E-state index in [1.807, 2.05) is 0 Å². The summed E-state index contributed by atoms with van der Waals surface area (Å²) in [5.74, 6) is 1.41. The van der Waals surface area contributed by atoms with E-state index in [9.17, 15) is 0 Å². The Morgan fingerprint density at radius 1 is 1.00 bits per heavy atom. The average Bonchev–Trinajstić information content (AvgIpc) is 2.55. The first-order valence-electron chi connectivity index (χ1n) is 6.17. The van der Waals surface area contributed by atoms with Gasteiger partial charge in [-0.2, -0.15) is 0 Å². The first kappa shape index (κ1) is 10.7. The largest absolute Gasteiger partial charge is 0.330 e. The highest BCUT2D eigenvalue weighted by Crippen LogP contribution is 2.35. The highest BCUT2D eigenvalue weighted by molar-refractivity contribution is 5.20. The maximum atomic E-state index is 5.90. The lowest BCUT2D eigenvalue weighted by Crippen LogP contribution is -2.21. The van der Waals surface area contributed by atoms with Crippen molar-refractivity contribution in [3.63, 3.8) is 0 Å². The van der Waals surface area contributed by atoms with E-state index in [-0.39, 0.29) is 0 Å². The van der Waals surface area contributed by atoms with E-state index in [4.69, 9.17) is 5.73 Å². The molecule has 15 heavy (non-hydrogen) atoms. The van der Waals surface area contributed by atoms with Crippen LogP contribution >= 0.6 is 0 Å². The van der Waals surface area contributed by atoms with Gasteiger partial charge in [0.1, 0.15) is 0 Å². The Balaban J connectivity index is 2.16. The van der Waals surface area contributed by atoms with E-state index < -0.39 is 0 Å². The third kappa shape index (κ3) is 2.60. The van der Waals surface area contributed by atoms with Crippen LogP contribution in [0.4, 0.5) is 0 Å². The van der Waals surface area contributed by atoms with Crippen LogP contribution < -0.4 is 5.73 Å². The van der Waals surface area contributed by atoms with Crippen molar-refractivity contribution < 1.29 is 0 Å². The van der Waals surface area contributed by atoms with Crippen LogP contribution in [-0.4, -0.2) is 6.54 Å². The fourth-order valence-corrected chi connectivity index (χ4v) is 2.81. The molecule has 2 atom stereocenters. The molecule has 82 valence electrons. The zero-order valence-electron chi connectivity index (χ0n) is 9.36. The van der Waals surface area contributed by atoms with Gasteiger partial charge in [0, 0.05) is 0 Å². The highest BCUT2D eigenvalue weighted by Gasteiger charge is 2.23. The van der Waals surface area contributed by atoms with Gasteiger partial charge in [0.05, 0.1) is 0 Å². The summed E-state index contributed by atoms with van der Waals surface area (Å²) in [7, 11) is 0. The maximum Gasteiger partial charge on any atom is -0.00430 e. The number of benzene rings is 1. The van der Waals surface area contributed by atoms with Gasteiger partial charge in [0.25, 0.3) is 0 Å². The molecule has 0 spiro atoms. The van der Waals surface area contributed by atoms with Crippen LogP contribution in [0.25, 0.3) is 0 Å². The molecule has 0 saturated heterocycles. The number of nitrogens with two attached hydrogens (primary N) is 1. The number of rotatable bonds is 2. The van der Waals surface area contributed by atoms with E-state index >= 15 is 0 Å². The molecule has 0 aromatic heterocycles. The predicted molar refractivity (Wildman–Crippen MR) is 64.8 cm³/mol. The molecule has 2 N–H and O–H groups in total. The summed E-state index contributed by atoms with van der Waals surface area (Å²) in [5, 5.41) is 0. The molecule has 2 unspecified atom stereocenters. The normalized spacial score (nSPS) is 27.3. The van der Waals surface area contributed by atoms with Crippen molar-refractivity contribution in [2.45, 2.75) is 38.0 Å². The Hall–Kier alpha value is -0.820. The molecule has 0 radical (unpaired) electrons. The van der Waals surface area contributed by atoms with E-state index in [1.165, 1.54) is 37.7 Å². The third-order valence-electron chi connectivity index (χ3n) is 3.69. The Bertz CT molecular complexity index is 281.